The molecular weight excluding hydrogens is 318 g/mol. The van der Waals surface area contributed by atoms with Gasteiger partial charge in [-0.3, -0.25) is 9.69 Å². The van der Waals surface area contributed by atoms with E-state index in [-0.39, 0.29) is 17.2 Å². The Hall–Kier alpha value is -1.89. The predicted octanol–water partition coefficient (Wildman–Crippen LogP) is 2.38. The number of benzene rings is 1. The molecule has 0 spiro atoms. The molecule has 2 rings (SSSR count). The molecule has 1 aliphatic rings. The lowest BCUT2D eigenvalue weighted by molar-refractivity contribution is 0.0219. The van der Waals surface area contributed by atoms with Crippen LogP contribution in [-0.2, 0) is 25.9 Å². The van der Waals surface area contributed by atoms with Crippen molar-refractivity contribution in [2.45, 2.75) is 50.8 Å². The van der Waals surface area contributed by atoms with Crippen LogP contribution in [0.5, 0.6) is 0 Å². The number of rotatable bonds is 3. The molecule has 1 atom stereocenters. The van der Waals surface area contributed by atoms with E-state index >= 15 is 0 Å². The average Bonchev–Trinajstić information content (AvgIpc) is 2.83. The zero-order valence-corrected chi connectivity index (χ0v) is 14.4. The number of hydrogen-bond donors (Lipinski definition) is 0. The number of carbonyl (C=O) groups is 1. The van der Waals surface area contributed by atoms with E-state index in [0.29, 0.717) is 11.1 Å². The molecule has 1 heterocycles. The standard InChI is InChI=1S/C16H20NO5S/c1-5-23(20,21)12-6-7-13-11(8-12)9-17(14(13)10-18)15(19)22-16(2,3)4/h6-8,14H,5,9H2,1-4H3. The lowest BCUT2D eigenvalue weighted by Gasteiger charge is -2.26. The summed E-state index contributed by atoms with van der Waals surface area (Å²) in [4.78, 5) is 25.0. The molecule has 0 bridgehead atoms. The van der Waals surface area contributed by atoms with E-state index in [9.17, 15) is 18.0 Å². The molecule has 1 aromatic carbocycles. The van der Waals surface area contributed by atoms with Gasteiger partial charge in [0.15, 0.2) is 9.84 Å². The first-order valence-electron chi connectivity index (χ1n) is 7.32. The highest BCUT2D eigenvalue weighted by Gasteiger charge is 2.37. The molecule has 1 radical (unpaired) electrons. The van der Waals surface area contributed by atoms with E-state index in [2.05, 4.69) is 0 Å². The first kappa shape index (κ1) is 17.5. The van der Waals surface area contributed by atoms with Crippen LogP contribution in [-0.4, -0.2) is 37.1 Å². The van der Waals surface area contributed by atoms with Crippen molar-refractivity contribution < 1.29 is 22.7 Å². The number of ether oxygens (including phenoxy) is 1. The zero-order chi connectivity index (χ0) is 17.4. The van der Waals surface area contributed by atoms with Crippen molar-refractivity contribution in [3.05, 3.63) is 29.3 Å². The summed E-state index contributed by atoms with van der Waals surface area (Å²) in [5.41, 5.74) is 0.523. The van der Waals surface area contributed by atoms with Crippen molar-refractivity contribution in [3.63, 3.8) is 0 Å². The molecule has 0 aromatic heterocycles. The monoisotopic (exact) mass is 338 g/mol. The molecule has 1 amide bonds. The molecule has 0 N–H and O–H groups in total. The van der Waals surface area contributed by atoms with E-state index in [0.717, 1.165) is 0 Å². The Morgan fingerprint density at radius 1 is 1.39 bits per heavy atom. The third-order valence-corrected chi connectivity index (χ3v) is 5.27. The molecule has 7 heteroatoms. The maximum atomic E-state index is 12.2. The Morgan fingerprint density at radius 3 is 2.57 bits per heavy atom. The SMILES string of the molecule is CCS(=O)(=O)c1ccc2c(c1)CN(C(=O)OC(C)(C)C)C2[C]=O. The summed E-state index contributed by atoms with van der Waals surface area (Å²) in [6.45, 7) is 6.90. The van der Waals surface area contributed by atoms with Crippen LogP contribution in [0.25, 0.3) is 0 Å². The molecule has 125 valence electrons. The van der Waals surface area contributed by atoms with Gasteiger partial charge in [-0.1, -0.05) is 13.0 Å². The molecule has 1 unspecified atom stereocenters. The molecule has 1 aromatic rings. The van der Waals surface area contributed by atoms with Crippen LogP contribution in [0.1, 0.15) is 44.9 Å². The van der Waals surface area contributed by atoms with Crippen LogP contribution < -0.4 is 0 Å². The number of fused-ring (bicyclic) bond motifs is 1. The highest BCUT2D eigenvalue weighted by Crippen LogP contribution is 2.35. The van der Waals surface area contributed by atoms with Crippen molar-refractivity contribution in [3.8, 4) is 0 Å². The topological polar surface area (TPSA) is 80.8 Å². The predicted molar refractivity (Wildman–Crippen MR) is 84.4 cm³/mol. The number of nitrogens with zero attached hydrogens (tertiary/aromatic N) is 1. The summed E-state index contributed by atoms with van der Waals surface area (Å²) in [6.07, 6.45) is 1.21. The summed E-state index contributed by atoms with van der Waals surface area (Å²) in [7, 11) is -3.34. The molecule has 1 aliphatic heterocycles. The van der Waals surface area contributed by atoms with Crippen LogP contribution in [0.3, 0.4) is 0 Å². The fraction of sp³-hybridized carbons (Fsp3) is 0.500. The second kappa shape index (κ2) is 5.96. The van der Waals surface area contributed by atoms with Gasteiger partial charge in [-0.25, -0.2) is 13.2 Å². The highest BCUT2D eigenvalue weighted by atomic mass is 32.2. The number of amides is 1. The van der Waals surface area contributed by atoms with Crippen molar-refractivity contribution >= 4 is 22.2 Å². The van der Waals surface area contributed by atoms with E-state index in [1.165, 1.54) is 17.0 Å². The first-order chi connectivity index (χ1) is 10.6. The van der Waals surface area contributed by atoms with Crippen LogP contribution in [0.4, 0.5) is 4.79 Å². The van der Waals surface area contributed by atoms with E-state index in [4.69, 9.17) is 4.74 Å². The van der Waals surface area contributed by atoms with Gasteiger partial charge in [-0.05, 0) is 44.0 Å². The minimum Gasteiger partial charge on any atom is -0.444 e. The Balaban J connectivity index is 2.36. The maximum absolute atomic E-state index is 12.2. The van der Waals surface area contributed by atoms with Gasteiger partial charge in [0.2, 0.25) is 6.29 Å². The van der Waals surface area contributed by atoms with Gasteiger partial charge in [0.25, 0.3) is 0 Å². The quantitative estimate of drug-likeness (QED) is 0.845. The van der Waals surface area contributed by atoms with Crippen molar-refractivity contribution in [1.82, 2.24) is 4.90 Å². The number of hydrogen-bond acceptors (Lipinski definition) is 5. The molecule has 0 saturated carbocycles. The Bertz CT molecular complexity index is 733. The molecule has 0 saturated heterocycles. The van der Waals surface area contributed by atoms with Gasteiger partial charge in [0.1, 0.15) is 11.6 Å². The average molecular weight is 338 g/mol. The minimum atomic E-state index is -3.34. The first-order valence-corrected chi connectivity index (χ1v) is 8.97. The van der Waals surface area contributed by atoms with Crippen molar-refractivity contribution in [2.75, 3.05) is 5.75 Å². The minimum absolute atomic E-state index is 0.00913. The van der Waals surface area contributed by atoms with Crippen LogP contribution in [0.15, 0.2) is 23.1 Å². The second-order valence-corrected chi connectivity index (χ2v) is 8.67. The van der Waals surface area contributed by atoms with Gasteiger partial charge in [0, 0.05) is 0 Å². The normalized spacial score (nSPS) is 17.7. The van der Waals surface area contributed by atoms with Gasteiger partial charge in [0.05, 0.1) is 17.2 Å². The number of carbonyl (C=O) groups excluding carboxylic acids is 2. The van der Waals surface area contributed by atoms with Gasteiger partial charge in [-0.2, -0.15) is 0 Å². The van der Waals surface area contributed by atoms with Crippen molar-refractivity contribution in [2.24, 2.45) is 0 Å². The second-order valence-electron chi connectivity index (χ2n) is 6.39. The Labute approximate surface area is 136 Å². The van der Waals surface area contributed by atoms with Crippen molar-refractivity contribution in [1.29, 1.82) is 0 Å². The summed E-state index contributed by atoms with van der Waals surface area (Å²) in [5.74, 6) is -0.00913. The van der Waals surface area contributed by atoms with E-state index < -0.39 is 27.6 Å². The van der Waals surface area contributed by atoms with Gasteiger partial charge in [-0.15, -0.1) is 0 Å². The molecule has 6 nitrogen and oxygen atoms in total. The van der Waals surface area contributed by atoms with E-state index in [1.54, 1.807) is 33.8 Å². The van der Waals surface area contributed by atoms with Gasteiger partial charge >= 0.3 is 6.09 Å². The zero-order valence-electron chi connectivity index (χ0n) is 13.6. The lowest BCUT2D eigenvalue weighted by Crippen LogP contribution is -2.36. The smallest absolute Gasteiger partial charge is 0.411 e. The molecule has 0 fully saturated rings. The number of sulfone groups is 1. The fourth-order valence-electron chi connectivity index (χ4n) is 2.41. The third kappa shape index (κ3) is 3.55. The summed E-state index contributed by atoms with van der Waals surface area (Å²) in [5, 5.41) is 0. The van der Waals surface area contributed by atoms with Crippen LogP contribution in [0, 0.1) is 0 Å². The van der Waals surface area contributed by atoms with Crippen LogP contribution in [0.2, 0.25) is 0 Å². The highest BCUT2D eigenvalue weighted by molar-refractivity contribution is 7.91. The third-order valence-electron chi connectivity index (χ3n) is 3.54. The largest absolute Gasteiger partial charge is 0.444 e. The maximum Gasteiger partial charge on any atom is 0.411 e. The summed E-state index contributed by atoms with van der Waals surface area (Å²) in [6, 6.07) is 3.67. The Kier molecular flexibility index (Phi) is 4.52. The fourth-order valence-corrected chi connectivity index (χ4v) is 3.34. The van der Waals surface area contributed by atoms with E-state index in [1.807, 2.05) is 6.29 Å². The lowest BCUT2D eigenvalue weighted by atomic mass is 10.1. The summed E-state index contributed by atoms with van der Waals surface area (Å²) >= 11 is 0. The molecule has 0 aliphatic carbocycles. The molecular formula is C16H20NO5S. The Morgan fingerprint density at radius 2 is 2.04 bits per heavy atom. The summed E-state index contributed by atoms with van der Waals surface area (Å²) < 4.78 is 29.2. The van der Waals surface area contributed by atoms with Crippen LogP contribution >= 0.6 is 0 Å². The molecule has 23 heavy (non-hydrogen) atoms. The van der Waals surface area contributed by atoms with Gasteiger partial charge < -0.3 is 4.74 Å².